The molecule has 190 valence electrons. The topological polar surface area (TPSA) is 131 Å². The highest BCUT2D eigenvalue weighted by Crippen LogP contribution is 2.19. The zero-order valence-electron chi connectivity index (χ0n) is 21.2. The van der Waals surface area contributed by atoms with Crippen LogP contribution in [0, 0.1) is 0 Å². The Morgan fingerprint density at radius 3 is 1.91 bits per heavy atom. The van der Waals surface area contributed by atoms with Crippen molar-refractivity contribution in [3.05, 3.63) is 23.9 Å². The lowest BCUT2D eigenvalue weighted by Gasteiger charge is -2.24. The number of nitrogens with zero attached hydrogens (tertiary/aromatic N) is 2. The average molecular weight is 483 g/mol. The number of anilines is 1. The van der Waals surface area contributed by atoms with Crippen LogP contribution in [-0.2, 0) is 39.9 Å². The second-order valence-corrected chi connectivity index (χ2v) is 9.44. The van der Waals surface area contributed by atoms with E-state index in [0.717, 1.165) is 4.90 Å². The van der Waals surface area contributed by atoms with Crippen molar-refractivity contribution in [1.29, 1.82) is 0 Å². The molecule has 11 heteroatoms. The Morgan fingerprint density at radius 1 is 0.912 bits per heavy atom. The summed E-state index contributed by atoms with van der Waals surface area (Å²) in [4.78, 5) is 53.7. The number of rotatable bonds is 7. The Morgan fingerprint density at radius 2 is 1.41 bits per heavy atom. The van der Waals surface area contributed by atoms with Crippen LogP contribution in [0.25, 0.3) is 0 Å². The van der Waals surface area contributed by atoms with Gasteiger partial charge in [-0.25, -0.2) is 24.2 Å². The quantitative estimate of drug-likeness (QED) is 0.418. The van der Waals surface area contributed by atoms with E-state index in [-0.39, 0.29) is 12.4 Å². The van der Waals surface area contributed by atoms with Crippen LogP contribution in [0.15, 0.2) is 18.3 Å². The summed E-state index contributed by atoms with van der Waals surface area (Å²) in [5, 5.41) is 0. The monoisotopic (exact) mass is 482 g/mol. The molecule has 0 aliphatic heterocycles. The number of ether oxygens (including phenoxy) is 5. The highest BCUT2D eigenvalue weighted by atomic mass is 16.7. The standard InChI is InChI=1S/C23H34N2O9/c1-14(18(26)33-22(3,4)5)31-20(28)25(9)17-16(11-10-12-24-17)13-30-21(29)32-15(2)19(27)34-23(6,7)8/h10-12,14-15H,13H2,1-9H3. The second kappa shape index (κ2) is 11.7. The van der Waals surface area contributed by atoms with Gasteiger partial charge in [-0.1, -0.05) is 6.07 Å². The molecule has 0 radical (unpaired) electrons. The molecule has 34 heavy (non-hydrogen) atoms. The third-order valence-electron chi connectivity index (χ3n) is 3.83. The van der Waals surface area contributed by atoms with E-state index in [1.165, 1.54) is 27.1 Å². The van der Waals surface area contributed by atoms with Crippen LogP contribution < -0.4 is 4.90 Å². The van der Waals surface area contributed by atoms with Gasteiger partial charge in [0, 0.05) is 18.8 Å². The molecule has 1 amide bonds. The molecular formula is C23H34N2O9. The number of carbonyl (C=O) groups is 4. The number of hydrogen-bond acceptors (Lipinski definition) is 10. The molecule has 0 N–H and O–H groups in total. The molecule has 11 nitrogen and oxygen atoms in total. The van der Waals surface area contributed by atoms with Gasteiger partial charge in [0.05, 0.1) is 0 Å². The molecule has 0 saturated carbocycles. The highest BCUT2D eigenvalue weighted by Gasteiger charge is 2.28. The van der Waals surface area contributed by atoms with Gasteiger partial charge in [-0.3, -0.25) is 4.90 Å². The third kappa shape index (κ3) is 10.1. The van der Waals surface area contributed by atoms with E-state index in [9.17, 15) is 19.2 Å². The van der Waals surface area contributed by atoms with Crippen LogP contribution in [0.1, 0.15) is 61.0 Å². The smallest absolute Gasteiger partial charge is 0.457 e. The first kappa shape index (κ1) is 28.7. The van der Waals surface area contributed by atoms with Crippen LogP contribution in [0.2, 0.25) is 0 Å². The highest BCUT2D eigenvalue weighted by molar-refractivity contribution is 5.89. The largest absolute Gasteiger partial charge is 0.509 e. The minimum Gasteiger partial charge on any atom is -0.457 e. The molecule has 0 fully saturated rings. The van der Waals surface area contributed by atoms with E-state index in [4.69, 9.17) is 23.7 Å². The Bertz CT molecular complexity index is 887. The molecule has 1 heterocycles. The van der Waals surface area contributed by atoms with Crippen molar-refractivity contribution >= 4 is 30.0 Å². The fourth-order valence-corrected chi connectivity index (χ4v) is 2.34. The van der Waals surface area contributed by atoms with E-state index >= 15 is 0 Å². The summed E-state index contributed by atoms with van der Waals surface area (Å²) < 4.78 is 25.5. The van der Waals surface area contributed by atoms with Gasteiger partial charge in [0.2, 0.25) is 0 Å². The van der Waals surface area contributed by atoms with Crippen LogP contribution >= 0.6 is 0 Å². The minimum absolute atomic E-state index is 0.136. The summed E-state index contributed by atoms with van der Waals surface area (Å²) in [6, 6.07) is 3.16. The number of carbonyl (C=O) groups excluding carboxylic acids is 4. The number of esters is 2. The zero-order chi connectivity index (χ0) is 26.3. The van der Waals surface area contributed by atoms with Crippen molar-refractivity contribution in [2.45, 2.75) is 85.4 Å². The minimum atomic E-state index is -1.17. The summed E-state index contributed by atoms with van der Waals surface area (Å²) in [6.07, 6.45) is -2.85. The second-order valence-electron chi connectivity index (χ2n) is 9.44. The van der Waals surface area contributed by atoms with Gasteiger partial charge in [0.15, 0.2) is 12.2 Å². The predicted molar refractivity (Wildman–Crippen MR) is 121 cm³/mol. The first-order chi connectivity index (χ1) is 15.5. The molecule has 0 aliphatic rings. The van der Waals surface area contributed by atoms with Gasteiger partial charge in [-0.05, 0) is 61.5 Å². The van der Waals surface area contributed by atoms with Gasteiger partial charge in [-0.15, -0.1) is 0 Å². The van der Waals surface area contributed by atoms with Crippen LogP contribution in [0.5, 0.6) is 0 Å². The number of aromatic nitrogens is 1. The van der Waals surface area contributed by atoms with E-state index in [1.807, 2.05) is 0 Å². The number of pyridine rings is 1. The summed E-state index contributed by atoms with van der Waals surface area (Å²) in [6.45, 7) is 12.6. The van der Waals surface area contributed by atoms with E-state index in [1.54, 1.807) is 53.7 Å². The molecule has 2 atom stereocenters. The maximum atomic E-state index is 12.5. The number of amides is 1. The van der Waals surface area contributed by atoms with Gasteiger partial charge >= 0.3 is 24.2 Å². The molecular weight excluding hydrogens is 448 g/mol. The maximum absolute atomic E-state index is 12.5. The first-order valence-corrected chi connectivity index (χ1v) is 10.7. The van der Waals surface area contributed by atoms with Crippen molar-refractivity contribution in [1.82, 2.24) is 4.98 Å². The molecule has 0 saturated heterocycles. The number of hydrogen-bond donors (Lipinski definition) is 0. The van der Waals surface area contributed by atoms with Crippen LogP contribution in [0.4, 0.5) is 15.4 Å². The molecule has 1 aromatic heterocycles. The van der Waals surface area contributed by atoms with Gasteiger partial charge in [-0.2, -0.15) is 0 Å². The lowest BCUT2D eigenvalue weighted by atomic mass is 10.2. The SMILES string of the molecule is CC(OC(=O)OCc1cccnc1N(C)C(=O)OC(C)C(=O)OC(C)(C)C)C(=O)OC(C)(C)C. The van der Waals surface area contributed by atoms with Crippen molar-refractivity contribution in [3.8, 4) is 0 Å². The van der Waals surface area contributed by atoms with Crippen molar-refractivity contribution in [2.24, 2.45) is 0 Å². The molecule has 0 spiro atoms. The third-order valence-corrected chi connectivity index (χ3v) is 3.83. The van der Waals surface area contributed by atoms with Crippen molar-refractivity contribution < 1.29 is 42.9 Å². The van der Waals surface area contributed by atoms with Gasteiger partial charge < -0.3 is 23.7 Å². The summed E-state index contributed by atoms with van der Waals surface area (Å²) >= 11 is 0. The van der Waals surface area contributed by atoms with Crippen LogP contribution in [-0.4, -0.2) is 59.6 Å². The normalized spacial score (nSPS) is 13.2. The van der Waals surface area contributed by atoms with Crippen molar-refractivity contribution in [3.63, 3.8) is 0 Å². The Labute approximate surface area is 199 Å². The van der Waals surface area contributed by atoms with Crippen molar-refractivity contribution in [2.75, 3.05) is 11.9 Å². The predicted octanol–water partition coefficient (Wildman–Crippen LogP) is 3.77. The van der Waals surface area contributed by atoms with Crippen LogP contribution in [0.3, 0.4) is 0 Å². The summed E-state index contributed by atoms with van der Waals surface area (Å²) in [5.74, 6) is -1.27. The summed E-state index contributed by atoms with van der Waals surface area (Å²) in [7, 11) is 1.39. The fourth-order valence-electron chi connectivity index (χ4n) is 2.34. The van der Waals surface area contributed by atoms with Gasteiger partial charge in [0.1, 0.15) is 23.6 Å². The zero-order valence-corrected chi connectivity index (χ0v) is 21.2. The summed E-state index contributed by atoms with van der Waals surface area (Å²) in [5.41, 5.74) is -1.11. The average Bonchev–Trinajstić information content (AvgIpc) is 2.69. The molecule has 1 rings (SSSR count). The fraction of sp³-hybridized carbons (Fsp3) is 0.609. The Hall–Kier alpha value is -3.37. The molecule has 0 aromatic carbocycles. The Kier molecular flexibility index (Phi) is 9.83. The molecule has 0 bridgehead atoms. The Balaban J connectivity index is 2.75. The lowest BCUT2D eigenvalue weighted by Crippen LogP contribution is -2.37. The maximum Gasteiger partial charge on any atom is 0.509 e. The van der Waals surface area contributed by atoms with E-state index < -0.39 is 47.6 Å². The molecule has 1 aromatic rings. The van der Waals surface area contributed by atoms with E-state index in [0.29, 0.717) is 5.56 Å². The molecule has 2 unspecified atom stereocenters. The first-order valence-electron chi connectivity index (χ1n) is 10.7. The van der Waals surface area contributed by atoms with Gasteiger partial charge in [0.25, 0.3) is 0 Å². The molecule has 0 aliphatic carbocycles. The lowest BCUT2D eigenvalue weighted by molar-refractivity contribution is -0.165. The van der Waals surface area contributed by atoms with E-state index in [2.05, 4.69) is 4.98 Å².